The van der Waals surface area contributed by atoms with Gasteiger partial charge in [-0.3, -0.25) is 14.6 Å². The Labute approximate surface area is 218 Å². The minimum Gasteiger partial charge on any atom is -0.305 e. The van der Waals surface area contributed by atoms with Crippen LogP contribution >= 0.6 is 11.6 Å². The topological polar surface area (TPSA) is 49.7 Å². The first-order valence-electron chi connectivity index (χ1n) is 13.0. The van der Waals surface area contributed by atoms with Crippen molar-refractivity contribution in [2.24, 2.45) is 16.3 Å². The molecule has 1 saturated carbocycles. The number of carbonyl (C=O) groups is 2. The van der Waals surface area contributed by atoms with Gasteiger partial charge in [-0.1, -0.05) is 82.5 Å². The van der Waals surface area contributed by atoms with Crippen LogP contribution in [0.25, 0.3) is 0 Å². The summed E-state index contributed by atoms with van der Waals surface area (Å²) in [6.07, 6.45) is 7.08. The molecule has 1 aliphatic carbocycles. The number of hydrogen-bond donors (Lipinski definition) is 0. The lowest BCUT2D eigenvalue weighted by Crippen LogP contribution is -2.51. The SMILES string of the molecule is CCCCC(c1ccc(C=O)cc1)N1C(=O)C(c2ccc(Cl)c(F)c2)=NC12CCC(C(C)(C)C)CC2. The second-order valence-corrected chi connectivity index (χ2v) is 11.7. The molecule has 0 saturated heterocycles. The number of carbonyl (C=O) groups excluding carboxylic acids is 2. The molecule has 1 fully saturated rings. The third-order valence-electron chi connectivity index (χ3n) is 7.99. The van der Waals surface area contributed by atoms with E-state index in [0.29, 0.717) is 22.8 Å². The molecule has 2 aromatic carbocycles. The Morgan fingerprint density at radius 1 is 1.17 bits per heavy atom. The predicted molar refractivity (Wildman–Crippen MR) is 143 cm³/mol. The molecule has 6 heteroatoms. The summed E-state index contributed by atoms with van der Waals surface area (Å²) in [5.41, 5.74) is 1.91. The number of aliphatic imine (C=N–C) groups is 1. The number of benzene rings is 2. The van der Waals surface area contributed by atoms with E-state index in [4.69, 9.17) is 16.6 Å². The number of hydrogen-bond acceptors (Lipinski definition) is 3. The summed E-state index contributed by atoms with van der Waals surface area (Å²) >= 11 is 5.93. The maximum Gasteiger partial charge on any atom is 0.275 e. The van der Waals surface area contributed by atoms with E-state index in [9.17, 15) is 14.0 Å². The van der Waals surface area contributed by atoms with Crippen LogP contribution in [0.1, 0.15) is 100 Å². The van der Waals surface area contributed by atoms with Crippen LogP contribution in [-0.4, -0.2) is 28.5 Å². The maximum absolute atomic E-state index is 14.4. The Morgan fingerprint density at radius 3 is 2.39 bits per heavy atom. The van der Waals surface area contributed by atoms with Gasteiger partial charge in [-0.2, -0.15) is 0 Å². The van der Waals surface area contributed by atoms with Crippen molar-refractivity contribution < 1.29 is 14.0 Å². The molecule has 1 aliphatic heterocycles. The molecule has 1 amide bonds. The third kappa shape index (κ3) is 5.13. The van der Waals surface area contributed by atoms with E-state index in [1.54, 1.807) is 18.2 Å². The van der Waals surface area contributed by atoms with E-state index in [0.717, 1.165) is 56.8 Å². The fourth-order valence-electron chi connectivity index (χ4n) is 5.81. The van der Waals surface area contributed by atoms with Crippen LogP contribution in [0.4, 0.5) is 4.39 Å². The van der Waals surface area contributed by atoms with Gasteiger partial charge in [-0.15, -0.1) is 0 Å². The molecule has 2 aliphatic rings. The van der Waals surface area contributed by atoms with Gasteiger partial charge >= 0.3 is 0 Å². The second kappa shape index (κ2) is 10.5. The van der Waals surface area contributed by atoms with E-state index < -0.39 is 11.5 Å². The fourth-order valence-corrected chi connectivity index (χ4v) is 5.93. The zero-order valence-corrected chi connectivity index (χ0v) is 22.4. The van der Waals surface area contributed by atoms with E-state index >= 15 is 0 Å². The van der Waals surface area contributed by atoms with E-state index in [1.807, 2.05) is 17.0 Å². The molecule has 1 heterocycles. The monoisotopic (exact) mass is 510 g/mol. The number of halogens is 2. The lowest BCUT2D eigenvalue weighted by molar-refractivity contribution is -0.133. The highest BCUT2D eigenvalue weighted by Gasteiger charge is 2.52. The molecule has 0 N–H and O–H groups in total. The largest absolute Gasteiger partial charge is 0.305 e. The molecule has 1 spiro atoms. The first-order valence-corrected chi connectivity index (χ1v) is 13.4. The van der Waals surface area contributed by atoms with Gasteiger partial charge in [-0.25, -0.2) is 4.39 Å². The number of nitrogens with zero attached hydrogens (tertiary/aromatic N) is 2. The first-order chi connectivity index (χ1) is 17.1. The van der Waals surface area contributed by atoms with Crippen molar-refractivity contribution in [3.63, 3.8) is 0 Å². The van der Waals surface area contributed by atoms with Crippen LogP contribution in [-0.2, 0) is 4.79 Å². The fraction of sp³-hybridized carbons (Fsp3) is 0.500. The minimum atomic E-state index is -0.661. The van der Waals surface area contributed by atoms with Crippen molar-refractivity contribution in [3.8, 4) is 0 Å². The molecule has 0 aromatic heterocycles. The second-order valence-electron chi connectivity index (χ2n) is 11.3. The van der Waals surface area contributed by atoms with Crippen LogP contribution in [0.3, 0.4) is 0 Å². The van der Waals surface area contributed by atoms with Crippen LogP contribution < -0.4 is 0 Å². The highest BCUT2D eigenvalue weighted by Crippen LogP contribution is 2.50. The smallest absolute Gasteiger partial charge is 0.275 e. The zero-order valence-electron chi connectivity index (χ0n) is 21.7. The molecule has 4 rings (SSSR count). The van der Waals surface area contributed by atoms with Crippen molar-refractivity contribution in [3.05, 3.63) is 70.0 Å². The summed E-state index contributed by atoms with van der Waals surface area (Å²) < 4.78 is 14.4. The molecule has 1 unspecified atom stereocenters. The van der Waals surface area contributed by atoms with Gasteiger partial charge < -0.3 is 4.90 Å². The Bertz CT molecular complexity index is 1140. The highest BCUT2D eigenvalue weighted by atomic mass is 35.5. The summed E-state index contributed by atoms with van der Waals surface area (Å²) in [6.45, 7) is 8.96. The van der Waals surface area contributed by atoms with Crippen molar-refractivity contribution >= 4 is 29.5 Å². The normalized spacial score (nSPS) is 23.2. The molecule has 2 aromatic rings. The first kappa shape index (κ1) is 26.5. The average molecular weight is 511 g/mol. The van der Waals surface area contributed by atoms with Crippen LogP contribution in [0, 0.1) is 17.2 Å². The molecule has 36 heavy (non-hydrogen) atoms. The molecule has 0 radical (unpaired) electrons. The van der Waals surface area contributed by atoms with E-state index in [-0.39, 0.29) is 22.4 Å². The Morgan fingerprint density at radius 2 is 1.83 bits per heavy atom. The van der Waals surface area contributed by atoms with Crippen LogP contribution in [0.15, 0.2) is 47.5 Å². The molecule has 1 atom stereocenters. The van der Waals surface area contributed by atoms with Gasteiger partial charge in [0.15, 0.2) is 0 Å². The molecular formula is C30H36ClFN2O2. The van der Waals surface area contributed by atoms with Gasteiger partial charge in [-0.05, 0) is 61.1 Å². The lowest BCUT2D eigenvalue weighted by atomic mass is 9.69. The number of aldehydes is 1. The number of amides is 1. The number of rotatable bonds is 7. The Balaban J connectivity index is 1.79. The maximum atomic E-state index is 14.4. The van der Waals surface area contributed by atoms with Gasteiger partial charge in [0.2, 0.25) is 0 Å². The van der Waals surface area contributed by atoms with E-state index in [2.05, 4.69) is 27.7 Å². The van der Waals surface area contributed by atoms with Crippen molar-refractivity contribution in [2.45, 2.75) is 84.3 Å². The molecule has 4 nitrogen and oxygen atoms in total. The van der Waals surface area contributed by atoms with Crippen LogP contribution in [0.2, 0.25) is 5.02 Å². The van der Waals surface area contributed by atoms with Crippen LogP contribution in [0.5, 0.6) is 0 Å². The summed E-state index contributed by atoms with van der Waals surface area (Å²) in [5, 5.41) is 0.0261. The summed E-state index contributed by atoms with van der Waals surface area (Å²) in [7, 11) is 0. The van der Waals surface area contributed by atoms with Gasteiger partial charge in [0.25, 0.3) is 5.91 Å². The van der Waals surface area contributed by atoms with Gasteiger partial charge in [0.1, 0.15) is 23.5 Å². The quantitative estimate of drug-likeness (QED) is 0.357. The Hall–Kier alpha value is -2.53. The van der Waals surface area contributed by atoms with Crippen molar-refractivity contribution in [1.82, 2.24) is 4.90 Å². The minimum absolute atomic E-state index is 0.0261. The Kier molecular flexibility index (Phi) is 7.70. The lowest BCUT2D eigenvalue weighted by Gasteiger charge is -2.47. The van der Waals surface area contributed by atoms with Crippen molar-refractivity contribution in [2.75, 3.05) is 0 Å². The zero-order chi connectivity index (χ0) is 26.1. The number of unbranched alkanes of at least 4 members (excludes halogenated alkanes) is 1. The summed E-state index contributed by atoms with van der Waals surface area (Å²) in [6, 6.07) is 11.8. The molecular weight excluding hydrogens is 475 g/mol. The van der Waals surface area contributed by atoms with Gasteiger partial charge in [0.05, 0.1) is 11.1 Å². The average Bonchev–Trinajstić information content (AvgIpc) is 3.12. The molecule has 0 bridgehead atoms. The summed E-state index contributed by atoms with van der Waals surface area (Å²) in [4.78, 5) is 32.5. The van der Waals surface area contributed by atoms with E-state index in [1.165, 1.54) is 12.1 Å². The third-order valence-corrected chi connectivity index (χ3v) is 8.30. The highest BCUT2D eigenvalue weighted by molar-refractivity contribution is 6.47. The summed E-state index contributed by atoms with van der Waals surface area (Å²) in [5.74, 6) is -0.166. The van der Waals surface area contributed by atoms with Gasteiger partial charge in [0, 0.05) is 11.1 Å². The van der Waals surface area contributed by atoms with Crippen molar-refractivity contribution in [1.29, 1.82) is 0 Å². The molecule has 192 valence electrons. The predicted octanol–water partition coefficient (Wildman–Crippen LogP) is 7.79. The standard InChI is InChI=1S/C30H36ClFN2O2/c1-5-6-7-26(21-10-8-20(19-35)9-11-21)34-28(36)27(22-12-13-24(31)25(32)18-22)33-30(34)16-14-23(15-17-30)29(2,3)4/h8-13,18-19,23,26H,5-7,14-17H2,1-4H3.